The molecule has 2 amide bonds. The van der Waals surface area contributed by atoms with Gasteiger partial charge in [-0.2, -0.15) is 0 Å². The van der Waals surface area contributed by atoms with E-state index in [0.29, 0.717) is 10.7 Å². The minimum atomic E-state index is -1.28. The zero-order valence-corrected chi connectivity index (χ0v) is 11.7. The summed E-state index contributed by atoms with van der Waals surface area (Å²) < 4.78 is 0. The molecule has 0 spiro atoms. The van der Waals surface area contributed by atoms with Crippen molar-refractivity contribution in [2.24, 2.45) is 0 Å². The fourth-order valence-electron chi connectivity index (χ4n) is 1.53. The average Bonchev–Trinajstić information content (AvgIpc) is 2.43. The molecule has 0 fully saturated rings. The van der Waals surface area contributed by atoms with E-state index in [1.807, 2.05) is 6.92 Å². The lowest BCUT2D eigenvalue weighted by Crippen LogP contribution is -2.22. The SMILES string of the molecule is Cc1ccc(NC(=O)Nc2nccnc2C(=O)O)cc1Cl. The van der Waals surface area contributed by atoms with Crippen molar-refractivity contribution in [3.63, 3.8) is 0 Å². The summed E-state index contributed by atoms with van der Waals surface area (Å²) in [6.45, 7) is 1.84. The molecule has 8 heteroatoms. The van der Waals surface area contributed by atoms with Gasteiger partial charge in [-0.05, 0) is 24.6 Å². The van der Waals surface area contributed by atoms with Crippen molar-refractivity contribution >= 4 is 35.1 Å². The van der Waals surface area contributed by atoms with Crippen molar-refractivity contribution in [1.29, 1.82) is 0 Å². The zero-order valence-electron chi connectivity index (χ0n) is 10.9. The van der Waals surface area contributed by atoms with Crippen molar-refractivity contribution in [3.8, 4) is 0 Å². The van der Waals surface area contributed by atoms with Crippen molar-refractivity contribution in [2.45, 2.75) is 6.92 Å². The number of anilines is 2. The fourth-order valence-corrected chi connectivity index (χ4v) is 1.71. The number of carboxylic acids is 1. The highest BCUT2D eigenvalue weighted by atomic mass is 35.5. The Morgan fingerprint density at radius 2 is 1.90 bits per heavy atom. The third-order valence-electron chi connectivity index (χ3n) is 2.56. The van der Waals surface area contributed by atoms with Gasteiger partial charge in [-0.1, -0.05) is 17.7 Å². The Kier molecular flexibility index (Phi) is 4.34. The quantitative estimate of drug-likeness (QED) is 0.808. The van der Waals surface area contributed by atoms with Crippen LogP contribution in [0, 0.1) is 6.92 Å². The first-order valence-corrected chi connectivity index (χ1v) is 6.23. The van der Waals surface area contributed by atoms with E-state index in [4.69, 9.17) is 16.7 Å². The van der Waals surface area contributed by atoms with Crippen LogP contribution in [0.5, 0.6) is 0 Å². The molecule has 108 valence electrons. The normalized spacial score (nSPS) is 10.0. The molecule has 0 bridgehead atoms. The number of aromatic nitrogens is 2. The number of nitrogens with one attached hydrogen (secondary N) is 2. The van der Waals surface area contributed by atoms with Crippen LogP contribution in [0.3, 0.4) is 0 Å². The molecule has 1 aromatic carbocycles. The minimum Gasteiger partial charge on any atom is -0.476 e. The van der Waals surface area contributed by atoms with Crippen LogP contribution in [-0.4, -0.2) is 27.1 Å². The summed E-state index contributed by atoms with van der Waals surface area (Å²) in [6.07, 6.45) is 2.51. The predicted octanol–water partition coefficient (Wildman–Crippen LogP) is 2.78. The number of benzene rings is 1. The van der Waals surface area contributed by atoms with Gasteiger partial charge < -0.3 is 10.4 Å². The molecule has 1 heterocycles. The van der Waals surface area contributed by atoms with Gasteiger partial charge in [-0.25, -0.2) is 19.6 Å². The minimum absolute atomic E-state index is 0.138. The van der Waals surface area contributed by atoms with Crippen LogP contribution in [0.1, 0.15) is 16.1 Å². The Balaban J connectivity index is 2.12. The molecule has 7 nitrogen and oxygen atoms in total. The first-order valence-electron chi connectivity index (χ1n) is 5.86. The molecule has 0 unspecified atom stereocenters. The Morgan fingerprint density at radius 1 is 1.19 bits per heavy atom. The smallest absolute Gasteiger partial charge is 0.358 e. The van der Waals surface area contributed by atoms with E-state index in [1.54, 1.807) is 18.2 Å². The third kappa shape index (κ3) is 3.67. The molecule has 0 aliphatic heterocycles. The predicted molar refractivity (Wildman–Crippen MR) is 77.8 cm³/mol. The van der Waals surface area contributed by atoms with E-state index >= 15 is 0 Å². The summed E-state index contributed by atoms with van der Waals surface area (Å²) in [6, 6.07) is 4.38. The van der Waals surface area contributed by atoms with Gasteiger partial charge in [-0.15, -0.1) is 0 Å². The molecule has 0 radical (unpaired) electrons. The number of aromatic carboxylic acids is 1. The van der Waals surface area contributed by atoms with Crippen molar-refractivity contribution < 1.29 is 14.7 Å². The highest BCUT2D eigenvalue weighted by Crippen LogP contribution is 2.20. The van der Waals surface area contributed by atoms with Crippen LogP contribution < -0.4 is 10.6 Å². The first-order chi connectivity index (χ1) is 9.97. The number of hydrogen-bond donors (Lipinski definition) is 3. The molecular formula is C13H11ClN4O3. The Labute approximate surface area is 125 Å². The Hall–Kier alpha value is -2.67. The van der Waals surface area contributed by atoms with Crippen LogP contribution in [-0.2, 0) is 0 Å². The highest BCUT2D eigenvalue weighted by molar-refractivity contribution is 6.31. The number of carbonyl (C=O) groups excluding carboxylic acids is 1. The van der Waals surface area contributed by atoms with E-state index < -0.39 is 12.0 Å². The second kappa shape index (κ2) is 6.19. The fraction of sp³-hybridized carbons (Fsp3) is 0.0769. The monoisotopic (exact) mass is 306 g/mol. The number of nitrogens with zero attached hydrogens (tertiary/aromatic N) is 2. The Morgan fingerprint density at radius 3 is 2.57 bits per heavy atom. The topological polar surface area (TPSA) is 104 Å². The molecule has 2 rings (SSSR count). The lowest BCUT2D eigenvalue weighted by Gasteiger charge is -2.09. The molecule has 3 N–H and O–H groups in total. The summed E-state index contributed by atoms with van der Waals surface area (Å²) in [5, 5.41) is 14.3. The largest absolute Gasteiger partial charge is 0.476 e. The lowest BCUT2D eigenvalue weighted by molar-refractivity contribution is 0.0691. The summed E-state index contributed by atoms with van der Waals surface area (Å²) in [7, 11) is 0. The molecule has 0 aliphatic carbocycles. The number of aryl methyl sites for hydroxylation is 1. The molecule has 0 saturated heterocycles. The van der Waals surface area contributed by atoms with Crippen LogP contribution >= 0.6 is 11.6 Å². The van der Waals surface area contributed by atoms with Crippen LogP contribution in [0.15, 0.2) is 30.6 Å². The van der Waals surface area contributed by atoms with Gasteiger partial charge in [-0.3, -0.25) is 5.32 Å². The molecule has 21 heavy (non-hydrogen) atoms. The van der Waals surface area contributed by atoms with Crippen LogP contribution in [0.25, 0.3) is 0 Å². The van der Waals surface area contributed by atoms with Gasteiger partial charge in [0, 0.05) is 23.1 Å². The summed E-state index contributed by atoms with van der Waals surface area (Å²) in [5.41, 5.74) is 1.02. The molecular weight excluding hydrogens is 296 g/mol. The lowest BCUT2D eigenvalue weighted by atomic mass is 10.2. The molecule has 0 saturated carbocycles. The van der Waals surface area contributed by atoms with E-state index in [9.17, 15) is 9.59 Å². The Bertz CT molecular complexity index is 706. The van der Waals surface area contributed by atoms with Crippen molar-refractivity contribution in [2.75, 3.05) is 10.6 Å². The van der Waals surface area contributed by atoms with Gasteiger partial charge >= 0.3 is 12.0 Å². The van der Waals surface area contributed by atoms with Crippen molar-refractivity contribution in [1.82, 2.24) is 9.97 Å². The molecule has 0 aliphatic rings. The van der Waals surface area contributed by atoms with Gasteiger partial charge in [0.25, 0.3) is 0 Å². The second-order valence-corrected chi connectivity index (χ2v) is 4.51. The van der Waals surface area contributed by atoms with E-state index in [1.165, 1.54) is 12.4 Å². The standard InChI is InChI=1S/C13H11ClN4O3/c1-7-2-3-8(6-9(7)14)17-13(21)18-11-10(12(19)20)15-4-5-16-11/h2-6H,1H3,(H,19,20)(H2,16,17,18,21). The number of hydrogen-bond acceptors (Lipinski definition) is 4. The van der Waals surface area contributed by atoms with Crippen LogP contribution in [0.4, 0.5) is 16.3 Å². The molecule has 1 aromatic heterocycles. The first kappa shape index (κ1) is 14.7. The maximum atomic E-state index is 11.8. The summed E-state index contributed by atoms with van der Waals surface area (Å²) in [5.74, 6) is -1.42. The zero-order chi connectivity index (χ0) is 15.4. The van der Waals surface area contributed by atoms with Crippen molar-refractivity contribution in [3.05, 3.63) is 46.9 Å². The number of urea groups is 1. The van der Waals surface area contributed by atoms with Gasteiger partial charge in [0.1, 0.15) is 0 Å². The third-order valence-corrected chi connectivity index (χ3v) is 2.97. The van der Waals surface area contributed by atoms with E-state index in [2.05, 4.69) is 20.6 Å². The maximum absolute atomic E-state index is 11.8. The number of amides is 2. The average molecular weight is 307 g/mol. The number of halogens is 1. The molecule has 0 atom stereocenters. The van der Waals surface area contributed by atoms with Gasteiger partial charge in [0.15, 0.2) is 11.5 Å². The number of rotatable bonds is 3. The summed E-state index contributed by atoms with van der Waals surface area (Å²) >= 11 is 5.95. The van der Waals surface area contributed by atoms with Gasteiger partial charge in [0.2, 0.25) is 0 Å². The van der Waals surface area contributed by atoms with E-state index in [0.717, 1.165) is 5.56 Å². The van der Waals surface area contributed by atoms with Crippen LogP contribution in [0.2, 0.25) is 5.02 Å². The number of carbonyl (C=O) groups is 2. The second-order valence-electron chi connectivity index (χ2n) is 4.10. The highest BCUT2D eigenvalue weighted by Gasteiger charge is 2.15. The molecule has 2 aromatic rings. The summed E-state index contributed by atoms with van der Waals surface area (Å²) in [4.78, 5) is 30.2. The number of carboxylic acid groups (broad SMARTS) is 1. The maximum Gasteiger partial charge on any atom is 0.358 e. The van der Waals surface area contributed by atoms with E-state index in [-0.39, 0.29) is 11.5 Å². The van der Waals surface area contributed by atoms with Gasteiger partial charge in [0.05, 0.1) is 0 Å².